The topological polar surface area (TPSA) is 97.3 Å². The predicted molar refractivity (Wildman–Crippen MR) is 132 cm³/mol. The molecule has 0 bridgehead atoms. The number of nitrogens with zero attached hydrogens (tertiary/aromatic N) is 4. The molecule has 1 saturated carbocycles. The maximum absolute atomic E-state index is 13.2. The third-order valence-electron chi connectivity index (χ3n) is 6.28. The molecule has 0 aliphatic heterocycles. The minimum atomic E-state index is -4.40. The van der Waals surface area contributed by atoms with Crippen molar-refractivity contribution in [2.24, 2.45) is 0 Å². The number of nitrogens with one attached hydrogen (secondary N) is 1. The molecule has 0 saturated heterocycles. The van der Waals surface area contributed by atoms with Crippen LogP contribution in [0.1, 0.15) is 36.3 Å². The molecular formula is C24H25ClF3N5O3S. The van der Waals surface area contributed by atoms with Crippen LogP contribution < -0.4 is 9.46 Å². The lowest BCUT2D eigenvalue weighted by atomic mass is 9.79. The molecule has 4 rings (SSSR count). The SMILES string of the molecule is CN(C)[C@H]1C[C@@H](c2cccc(C(F)(F)F)c2)CC[C@@H]1Oc1cc(Cl)c(S(=O)(=O)Nc2ccncn2)cn1. The second-order valence-corrected chi connectivity index (χ2v) is 11.0. The summed E-state index contributed by atoms with van der Waals surface area (Å²) in [6.07, 6.45) is 0.774. The largest absolute Gasteiger partial charge is 0.473 e. The number of pyridine rings is 1. The third-order valence-corrected chi connectivity index (χ3v) is 8.09. The van der Waals surface area contributed by atoms with Crippen LogP contribution >= 0.6 is 11.6 Å². The molecule has 8 nitrogen and oxygen atoms in total. The lowest BCUT2D eigenvalue weighted by Crippen LogP contribution is -2.46. The number of benzene rings is 1. The maximum atomic E-state index is 13.2. The van der Waals surface area contributed by atoms with Crippen LogP contribution in [0.3, 0.4) is 0 Å². The van der Waals surface area contributed by atoms with Crippen LogP contribution in [0.15, 0.2) is 60.0 Å². The van der Waals surface area contributed by atoms with E-state index < -0.39 is 21.8 Å². The highest BCUT2D eigenvalue weighted by Crippen LogP contribution is 2.39. The molecule has 0 radical (unpaired) electrons. The second-order valence-electron chi connectivity index (χ2n) is 8.97. The van der Waals surface area contributed by atoms with Gasteiger partial charge in [-0.05, 0) is 57.0 Å². The number of hydrogen-bond donors (Lipinski definition) is 1. The Labute approximate surface area is 217 Å². The molecule has 1 aromatic carbocycles. The summed E-state index contributed by atoms with van der Waals surface area (Å²) in [7, 11) is -0.290. The van der Waals surface area contributed by atoms with Gasteiger partial charge in [-0.2, -0.15) is 13.2 Å². The van der Waals surface area contributed by atoms with Crippen LogP contribution in [-0.2, 0) is 16.2 Å². The normalized spacial score (nSPS) is 20.6. The highest BCUT2D eigenvalue weighted by molar-refractivity contribution is 7.92. The van der Waals surface area contributed by atoms with E-state index in [1.807, 2.05) is 19.0 Å². The van der Waals surface area contributed by atoms with Crippen molar-refractivity contribution in [1.82, 2.24) is 19.9 Å². The second kappa shape index (κ2) is 10.8. The van der Waals surface area contributed by atoms with Gasteiger partial charge in [0.05, 0.1) is 16.8 Å². The molecule has 2 aromatic heterocycles. The fourth-order valence-corrected chi connectivity index (χ4v) is 5.89. The lowest BCUT2D eigenvalue weighted by molar-refractivity contribution is -0.137. The van der Waals surface area contributed by atoms with E-state index in [1.165, 1.54) is 36.8 Å². The Morgan fingerprint density at radius 1 is 1.14 bits per heavy atom. The van der Waals surface area contributed by atoms with Gasteiger partial charge in [0.25, 0.3) is 10.0 Å². The minimum absolute atomic E-state index is 0.0634. The molecule has 0 unspecified atom stereocenters. The van der Waals surface area contributed by atoms with Crippen LogP contribution in [-0.4, -0.2) is 54.5 Å². The van der Waals surface area contributed by atoms with Crippen molar-refractivity contribution >= 4 is 27.4 Å². The van der Waals surface area contributed by atoms with Gasteiger partial charge in [-0.3, -0.25) is 4.72 Å². The number of rotatable bonds is 7. The van der Waals surface area contributed by atoms with Crippen LogP contribution in [0.4, 0.5) is 19.0 Å². The first-order valence-corrected chi connectivity index (χ1v) is 13.2. The maximum Gasteiger partial charge on any atom is 0.416 e. The van der Waals surface area contributed by atoms with E-state index in [9.17, 15) is 21.6 Å². The average Bonchev–Trinajstić information content (AvgIpc) is 2.84. The first-order chi connectivity index (χ1) is 17.4. The van der Waals surface area contributed by atoms with Crippen LogP contribution in [0.5, 0.6) is 5.88 Å². The van der Waals surface area contributed by atoms with E-state index in [0.29, 0.717) is 24.8 Å². The number of anilines is 1. The highest BCUT2D eigenvalue weighted by atomic mass is 35.5. The summed E-state index contributed by atoms with van der Waals surface area (Å²) < 4.78 is 73.4. The van der Waals surface area contributed by atoms with Gasteiger partial charge in [0.15, 0.2) is 0 Å². The Kier molecular flexibility index (Phi) is 7.91. The van der Waals surface area contributed by atoms with E-state index in [1.54, 1.807) is 6.07 Å². The van der Waals surface area contributed by atoms with Crippen LogP contribution in [0.2, 0.25) is 5.02 Å². The monoisotopic (exact) mass is 555 g/mol. The fraction of sp³-hybridized carbons (Fsp3) is 0.375. The summed E-state index contributed by atoms with van der Waals surface area (Å²) in [5.41, 5.74) is -0.0140. The van der Waals surface area contributed by atoms with Gasteiger partial charge in [-0.15, -0.1) is 0 Å². The van der Waals surface area contributed by atoms with Gasteiger partial charge >= 0.3 is 6.18 Å². The van der Waals surface area contributed by atoms with Crippen molar-refractivity contribution in [2.45, 2.75) is 48.4 Å². The number of alkyl halides is 3. The molecule has 1 aliphatic rings. The number of likely N-dealkylation sites (N-methyl/N-ethyl adjacent to an activating group) is 1. The summed E-state index contributed by atoms with van der Waals surface area (Å²) in [4.78, 5) is 13.4. The summed E-state index contributed by atoms with van der Waals surface area (Å²) in [6, 6.07) is 8.07. The molecule has 1 N–H and O–H groups in total. The highest BCUT2D eigenvalue weighted by Gasteiger charge is 2.36. The van der Waals surface area contributed by atoms with Crippen molar-refractivity contribution in [3.8, 4) is 5.88 Å². The fourth-order valence-electron chi connectivity index (χ4n) is 4.43. The third kappa shape index (κ3) is 6.49. The molecule has 0 spiro atoms. The Hall–Kier alpha value is -2.96. The van der Waals surface area contributed by atoms with Gasteiger partial charge in [0, 0.05) is 18.3 Å². The Bertz CT molecular complexity index is 1340. The zero-order chi connectivity index (χ0) is 26.8. The number of halogens is 4. The predicted octanol–water partition coefficient (Wildman–Crippen LogP) is 4.99. The van der Waals surface area contributed by atoms with Crippen molar-refractivity contribution in [3.63, 3.8) is 0 Å². The molecule has 1 aliphatic carbocycles. The number of ether oxygens (including phenoxy) is 1. The van der Waals surface area contributed by atoms with Crippen molar-refractivity contribution < 1.29 is 26.3 Å². The van der Waals surface area contributed by atoms with Crippen molar-refractivity contribution in [1.29, 1.82) is 0 Å². The Morgan fingerprint density at radius 2 is 1.92 bits per heavy atom. The quantitative estimate of drug-likeness (QED) is 0.438. The molecular weight excluding hydrogens is 531 g/mol. The summed E-state index contributed by atoms with van der Waals surface area (Å²) >= 11 is 6.28. The van der Waals surface area contributed by atoms with Gasteiger partial charge in [0.1, 0.15) is 23.1 Å². The molecule has 198 valence electrons. The summed E-state index contributed by atoms with van der Waals surface area (Å²) in [5, 5.41) is -0.0781. The van der Waals surface area contributed by atoms with E-state index in [-0.39, 0.29) is 39.7 Å². The zero-order valence-electron chi connectivity index (χ0n) is 20.0. The number of hydrogen-bond acceptors (Lipinski definition) is 7. The Morgan fingerprint density at radius 3 is 2.57 bits per heavy atom. The number of aromatic nitrogens is 3. The van der Waals surface area contributed by atoms with Crippen LogP contribution in [0, 0.1) is 0 Å². The van der Waals surface area contributed by atoms with E-state index >= 15 is 0 Å². The van der Waals surface area contributed by atoms with Crippen molar-refractivity contribution in [2.75, 3.05) is 18.8 Å². The van der Waals surface area contributed by atoms with Gasteiger partial charge < -0.3 is 9.64 Å². The van der Waals surface area contributed by atoms with Crippen LogP contribution in [0.25, 0.3) is 0 Å². The van der Waals surface area contributed by atoms with E-state index in [0.717, 1.165) is 12.3 Å². The first kappa shape index (κ1) is 27.1. The summed E-state index contributed by atoms with van der Waals surface area (Å²) in [6.45, 7) is 0. The smallest absolute Gasteiger partial charge is 0.416 e. The Balaban J connectivity index is 1.48. The lowest BCUT2D eigenvalue weighted by Gasteiger charge is -2.39. The van der Waals surface area contributed by atoms with Gasteiger partial charge in [-0.1, -0.05) is 29.8 Å². The molecule has 3 aromatic rings. The standard InChI is InChI=1S/C24H25ClF3N5O3S/c1-33(2)19-11-16(15-4-3-5-17(10-15)24(26,27)28)6-7-20(19)36-23-12-18(25)21(13-30-23)37(34,35)32-22-8-9-29-14-31-22/h3-5,8-10,12-14,16,19-20H,6-7,11H2,1-2H3,(H,29,31,32)/t16-,19-,20-/m0/s1. The van der Waals surface area contributed by atoms with E-state index in [2.05, 4.69) is 19.7 Å². The van der Waals surface area contributed by atoms with E-state index in [4.69, 9.17) is 16.3 Å². The van der Waals surface area contributed by atoms with Gasteiger partial charge in [0.2, 0.25) is 5.88 Å². The molecule has 3 atom stereocenters. The van der Waals surface area contributed by atoms with Crippen molar-refractivity contribution in [3.05, 3.63) is 71.3 Å². The number of sulfonamides is 1. The summed E-state index contributed by atoms with van der Waals surface area (Å²) in [5.74, 6) is 0.171. The molecule has 0 amide bonds. The molecule has 13 heteroatoms. The average molecular weight is 556 g/mol. The molecule has 1 fully saturated rings. The minimum Gasteiger partial charge on any atom is -0.473 e. The molecule has 37 heavy (non-hydrogen) atoms. The molecule has 2 heterocycles. The van der Waals surface area contributed by atoms with Gasteiger partial charge in [-0.25, -0.2) is 23.4 Å². The zero-order valence-corrected chi connectivity index (χ0v) is 21.6. The first-order valence-electron chi connectivity index (χ1n) is 11.4.